The van der Waals surface area contributed by atoms with E-state index in [1.807, 2.05) is 0 Å². The van der Waals surface area contributed by atoms with Crippen LogP contribution in [-0.4, -0.2) is 23.4 Å². The molecule has 1 heterocycles. The van der Waals surface area contributed by atoms with Gasteiger partial charge in [-0.2, -0.15) is 0 Å². The second-order valence-electron chi connectivity index (χ2n) is 5.25. The quantitative estimate of drug-likeness (QED) is 0.492. The topological polar surface area (TPSA) is 122 Å². The molecule has 0 aliphatic rings. The summed E-state index contributed by atoms with van der Waals surface area (Å²) < 4.78 is 27.0. The molecule has 0 aliphatic carbocycles. The molecule has 0 unspecified atom stereocenters. The molecule has 10 heteroatoms. The molecule has 0 spiro atoms. The van der Waals surface area contributed by atoms with Crippen molar-refractivity contribution in [2.24, 2.45) is 0 Å². The first kappa shape index (κ1) is 18.0. The zero-order chi connectivity index (χ0) is 18.7. The number of sulfonamides is 1. The van der Waals surface area contributed by atoms with E-state index in [0.29, 0.717) is 10.7 Å². The normalized spacial score (nSPS) is 11.4. The van der Waals surface area contributed by atoms with Crippen LogP contribution in [0, 0.1) is 10.1 Å². The summed E-state index contributed by atoms with van der Waals surface area (Å²) in [4.78, 5) is 14.3. The molecule has 26 heavy (non-hydrogen) atoms. The van der Waals surface area contributed by atoms with Crippen LogP contribution < -0.4 is 4.72 Å². The number of nitrogens with one attached hydrogen (secondary N) is 1. The SMILES string of the molecule is O=[N+]([O-])c1cccc(S(=O)(=O)NCc2nc(-c3ccc(O)cc3)cs2)c1. The lowest BCUT2D eigenvalue weighted by molar-refractivity contribution is -0.385. The average Bonchev–Trinajstić information content (AvgIpc) is 3.10. The Balaban J connectivity index is 1.73. The lowest BCUT2D eigenvalue weighted by Gasteiger charge is -2.05. The molecule has 0 radical (unpaired) electrons. The number of nitro groups is 1. The molecule has 0 bridgehead atoms. The summed E-state index contributed by atoms with van der Waals surface area (Å²) in [5.41, 5.74) is 1.17. The van der Waals surface area contributed by atoms with Gasteiger partial charge in [0.25, 0.3) is 5.69 Å². The fourth-order valence-corrected chi connectivity index (χ4v) is 4.02. The Morgan fingerprint density at radius 2 is 1.92 bits per heavy atom. The summed E-state index contributed by atoms with van der Waals surface area (Å²) in [6.45, 7) is -0.0340. The Morgan fingerprint density at radius 1 is 1.19 bits per heavy atom. The zero-order valence-corrected chi connectivity index (χ0v) is 14.8. The Bertz CT molecular complexity index is 1050. The van der Waals surface area contributed by atoms with Crippen LogP contribution in [0.1, 0.15) is 5.01 Å². The first-order chi connectivity index (χ1) is 12.3. The maximum atomic E-state index is 12.3. The summed E-state index contributed by atoms with van der Waals surface area (Å²) in [6.07, 6.45) is 0. The van der Waals surface area contributed by atoms with E-state index in [9.17, 15) is 23.6 Å². The van der Waals surface area contributed by atoms with Crippen molar-refractivity contribution in [3.8, 4) is 17.0 Å². The number of aromatic nitrogens is 1. The van der Waals surface area contributed by atoms with Crippen LogP contribution >= 0.6 is 11.3 Å². The van der Waals surface area contributed by atoms with Crippen LogP contribution in [0.15, 0.2) is 58.8 Å². The Kier molecular flexibility index (Phi) is 4.98. The van der Waals surface area contributed by atoms with Gasteiger partial charge in [-0.1, -0.05) is 6.07 Å². The number of phenols is 1. The van der Waals surface area contributed by atoms with E-state index in [0.717, 1.165) is 11.6 Å². The Morgan fingerprint density at radius 3 is 2.62 bits per heavy atom. The summed E-state index contributed by atoms with van der Waals surface area (Å²) in [5, 5.41) is 22.4. The minimum atomic E-state index is -3.90. The molecule has 8 nitrogen and oxygen atoms in total. The van der Waals surface area contributed by atoms with Gasteiger partial charge < -0.3 is 5.11 Å². The molecule has 2 N–H and O–H groups in total. The number of nitrogens with zero attached hydrogens (tertiary/aromatic N) is 2. The van der Waals surface area contributed by atoms with E-state index in [4.69, 9.17) is 0 Å². The molecular weight excluding hydrogens is 378 g/mol. The third-order valence-electron chi connectivity index (χ3n) is 3.47. The van der Waals surface area contributed by atoms with Crippen molar-refractivity contribution in [3.05, 3.63) is 69.0 Å². The number of thiazole rings is 1. The van der Waals surface area contributed by atoms with Gasteiger partial charge in [0.2, 0.25) is 10.0 Å². The summed E-state index contributed by atoms with van der Waals surface area (Å²) >= 11 is 1.28. The van der Waals surface area contributed by atoms with Crippen LogP contribution in [0.25, 0.3) is 11.3 Å². The Labute approximate surface area is 153 Å². The molecule has 0 atom stereocenters. The smallest absolute Gasteiger partial charge is 0.270 e. The lowest BCUT2D eigenvalue weighted by atomic mass is 10.2. The van der Waals surface area contributed by atoms with Gasteiger partial charge >= 0.3 is 0 Å². The molecule has 3 aromatic rings. The van der Waals surface area contributed by atoms with Crippen molar-refractivity contribution in [2.45, 2.75) is 11.4 Å². The maximum Gasteiger partial charge on any atom is 0.270 e. The number of non-ortho nitro benzene ring substituents is 1. The number of benzene rings is 2. The second kappa shape index (κ2) is 7.20. The highest BCUT2D eigenvalue weighted by Gasteiger charge is 2.18. The van der Waals surface area contributed by atoms with Crippen molar-refractivity contribution in [1.82, 2.24) is 9.71 Å². The van der Waals surface area contributed by atoms with Crippen molar-refractivity contribution in [2.75, 3.05) is 0 Å². The van der Waals surface area contributed by atoms with Gasteiger partial charge in [-0.05, 0) is 30.3 Å². The highest BCUT2D eigenvalue weighted by Crippen LogP contribution is 2.24. The minimum Gasteiger partial charge on any atom is -0.508 e. The van der Waals surface area contributed by atoms with Crippen LogP contribution in [0.4, 0.5) is 5.69 Å². The van der Waals surface area contributed by atoms with Crippen molar-refractivity contribution < 1.29 is 18.4 Å². The van der Waals surface area contributed by atoms with Crippen molar-refractivity contribution in [3.63, 3.8) is 0 Å². The molecule has 0 amide bonds. The minimum absolute atomic E-state index is 0.0340. The number of hydrogen-bond donors (Lipinski definition) is 2. The fourth-order valence-electron chi connectivity index (χ4n) is 2.16. The first-order valence-corrected chi connectivity index (χ1v) is 9.69. The Hall–Kier alpha value is -2.82. The second-order valence-corrected chi connectivity index (χ2v) is 7.96. The molecule has 3 rings (SSSR count). The third kappa shape index (κ3) is 4.04. The maximum absolute atomic E-state index is 12.3. The summed E-state index contributed by atoms with van der Waals surface area (Å²) in [7, 11) is -3.90. The molecule has 2 aromatic carbocycles. The van der Waals surface area contributed by atoms with Gasteiger partial charge in [-0.15, -0.1) is 11.3 Å². The van der Waals surface area contributed by atoms with Crippen LogP contribution in [0.2, 0.25) is 0 Å². The number of phenolic OH excluding ortho intramolecular Hbond substituents is 1. The van der Waals surface area contributed by atoms with E-state index in [1.165, 1.54) is 29.5 Å². The van der Waals surface area contributed by atoms with E-state index in [1.54, 1.807) is 29.6 Å². The van der Waals surface area contributed by atoms with Crippen LogP contribution in [-0.2, 0) is 16.6 Å². The molecule has 0 fully saturated rings. The number of nitro benzene ring substituents is 1. The van der Waals surface area contributed by atoms with Crippen LogP contribution in [0.3, 0.4) is 0 Å². The highest BCUT2D eigenvalue weighted by molar-refractivity contribution is 7.89. The van der Waals surface area contributed by atoms with E-state index in [-0.39, 0.29) is 22.9 Å². The van der Waals surface area contributed by atoms with Crippen LogP contribution in [0.5, 0.6) is 5.75 Å². The number of hydrogen-bond acceptors (Lipinski definition) is 7. The van der Waals surface area contributed by atoms with E-state index in [2.05, 4.69) is 9.71 Å². The van der Waals surface area contributed by atoms with Crippen molar-refractivity contribution in [1.29, 1.82) is 0 Å². The van der Waals surface area contributed by atoms with Gasteiger partial charge in [0.1, 0.15) is 10.8 Å². The zero-order valence-electron chi connectivity index (χ0n) is 13.2. The highest BCUT2D eigenvalue weighted by atomic mass is 32.2. The molecule has 134 valence electrons. The fraction of sp³-hybridized carbons (Fsp3) is 0.0625. The molecule has 0 saturated heterocycles. The first-order valence-electron chi connectivity index (χ1n) is 7.33. The van der Waals surface area contributed by atoms with Gasteiger partial charge in [0, 0.05) is 23.1 Å². The van der Waals surface area contributed by atoms with E-state index >= 15 is 0 Å². The third-order valence-corrected chi connectivity index (χ3v) is 5.71. The number of aromatic hydroxyl groups is 1. The van der Waals surface area contributed by atoms with Gasteiger partial charge in [0.15, 0.2) is 0 Å². The standard InChI is InChI=1S/C16H13N3O5S2/c20-13-6-4-11(5-7-13)15-10-25-16(18-15)9-17-26(23,24)14-3-1-2-12(8-14)19(21)22/h1-8,10,17,20H,9H2. The largest absolute Gasteiger partial charge is 0.508 e. The average molecular weight is 391 g/mol. The molecular formula is C16H13N3O5S2. The van der Waals surface area contributed by atoms with Gasteiger partial charge in [-0.3, -0.25) is 10.1 Å². The predicted molar refractivity (Wildman–Crippen MR) is 96.3 cm³/mol. The lowest BCUT2D eigenvalue weighted by Crippen LogP contribution is -2.23. The molecule has 1 aromatic heterocycles. The summed E-state index contributed by atoms with van der Waals surface area (Å²) in [6, 6.07) is 11.3. The predicted octanol–water partition coefficient (Wildman–Crippen LogP) is 2.90. The van der Waals surface area contributed by atoms with Gasteiger partial charge in [-0.25, -0.2) is 18.1 Å². The molecule has 0 aliphatic heterocycles. The van der Waals surface area contributed by atoms with Crippen molar-refractivity contribution >= 4 is 27.0 Å². The monoisotopic (exact) mass is 391 g/mol. The van der Waals surface area contributed by atoms with E-state index < -0.39 is 14.9 Å². The number of rotatable bonds is 6. The van der Waals surface area contributed by atoms with Gasteiger partial charge in [0.05, 0.1) is 22.1 Å². The summed E-state index contributed by atoms with van der Waals surface area (Å²) in [5.74, 6) is 0.147. The molecule has 0 saturated carbocycles.